The van der Waals surface area contributed by atoms with Gasteiger partial charge in [-0.2, -0.15) is 0 Å². The highest BCUT2D eigenvalue weighted by atomic mass is 35.5. The average Bonchev–Trinajstić information content (AvgIpc) is 3.35. The lowest BCUT2D eigenvalue weighted by molar-refractivity contribution is -0.145. The molecule has 0 bridgehead atoms. The van der Waals surface area contributed by atoms with Gasteiger partial charge in [0, 0.05) is 42.9 Å². The Hall–Kier alpha value is -2.21. The van der Waals surface area contributed by atoms with Crippen molar-refractivity contribution in [2.75, 3.05) is 13.1 Å². The second kappa shape index (κ2) is 8.73. The standard InChI is InChI=1S/C24H29ClN2O4/c1-16(28)17-7-6-12-26(15-17)21(29)13-24(19-10-4-5-11-20(19)25)14-22(30)27(23(24)31)18-8-2-3-9-18/h4-5,10-11,17-18H,2-3,6-9,12-15H2,1H3/t17-,24+/m0/s1. The molecular formula is C24H29ClN2O4. The van der Waals surface area contributed by atoms with E-state index in [2.05, 4.69) is 0 Å². The van der Waals surface area contributed by atoms with Gasteiger partial charge in [-0.05, 0) is 44.2 Å². The topological polar surface area (TPSA) is 74.8 Å². The van der Waals surface area contributed by atoms with Crippen molar-refractivity contribution < 1.29 is 19.2 Å². The molecule has 31 heavy (non-hydrogen) atoms. The molecule has 0 unspecified atom stereocenters. The van der Waals surface area contributed by atoms with E-state index in [4.69, 9.17) is 11.6 Å². The van der Waals surface area contributed by atoms with Crippen LogP contribution in [0.3, 0.4) is 0 Å². The van der Waals surface area contributed by atoms with Gasteiger partial charge < -0.3 is 4.90 Å². The van der Waals surface area contributed by atoms with Crippen molar-refractivity contribution in [2.45, 2.75) is 69.7 Å². The Labute approximate surface area is 187 Å². The normalized spacial score (nSPS) is 27.2. The number of hydrogen-bond donors (Lipinski definition) is 0. The van der Waals surface area contributed by atoms with E-state index in [0.29, 0.717) is 23.7 Å². The van der Waals surface area contributed by atoms with Gasteiger partial charge in [0.05, 0.1) is 5.41 Å². The van der Waals surface area contributed by atoms with E-state index in [0.717, 1.165) is 38.5 Å². The number of rotatable bonds is 5. The van der Waals surface area contributed by atoms with Crippen LogP contribution in [0.25, 0.3) is 0 Å². The summed E-state index contributed by atoms with van der Waals surface area (Å²) in [5.74, 6) is -0.793. The van der Waals surface area contributed by atoms with Crippen molar-refractivity contribution in [2.24, 2.45) is 5.92 Å². The molecule has 7 heteroatoms. The molecule has 1 aromatic carbocycles. The van der Waals surface area contributed by atoms with Crippen LogP contribution in [0.1, 0.15) is 63.9 Å². The number of carbonyl (C=O) groups excluding carboxylic acids is 4. The fourth-order valence-electron chi connectivity index (χ4n) is 5.49. The van der Waals surface area contributed by atoms with Crippen molar-refractivity contribution in [1.82, 2.24) is 9.80 Å². The van der Waals surface area contributed by atoms with Gasteiger partial charge in [0.25, 0.3) is 0 Å². The second-order valence-electron chi connectivity index (χ2n) is 9.21. The van der Waals surface area contributed by atoms with Gasteiger partial charge in [-0.3, -0.25) is 24.1 Å². The molecule has 6 nitrogen and oxygen atoms in total. The van der Waals surface area contributed by atoms with Gasteiger partial charge in [-0.1, -0.05) is 42.6 Å². The highest BCUT2D eigenvalue weighted by Crippen LogP contribution is 2.45. The van der Waals surface area contributed by atoms with Gasteiger partial charge in [-0.15, -0.1) is 0 Å². The maximum atomic E-state index is 13.8. The first-order valence-electron chi connectivity index (χ1n) is 11.2. The zero-order valence-electron chi connectivity index (χ0n) is 17.9. The number of Topliss-reactive ketones (excluding diaryl/α,β-unsaturated/α-hetero) is 1. The predicted octanol–water partition coefficient (Wildman–Crippen LogP) is 3.50. The molecule has 3 fully saturated rings. The van der Waals surface area contributed by atoms with Gasteiger partial charge in [-0.25, -0.2) is 0 Å². The highest BCUT2D eigenvalue weighted by Gasteiger charge is 2.56. The van der Waals surface area contributed by atoms with Crippen molar-refractivity contribution >= 4 is 35.1 Å². The number of ketones is 1. The lowest BCUT2D eigenvalue weighted by atomic mass is 9.75. The van der Waals surface area contributed by atoms with Crippen molar-refractivity contribution in [3.63, 3.8) is 0 Å². The first kappa shape index (κ1) is 22.0. The van der Waals surface area contributed by atoms with E-state index in [1.807, 2.05) is 0 Å². The molecule has 3 aliphatic rings. The maximum absolute atomic E-state index is 13.8. The van der Waals surface area contributed by atoms with Crippen LogP contribution in [0.5, 0.6) is 0 Å². The highest BCUT2D eigenvalue weighted by molar-refractivity contribution is 6.32. The fourth-order valence-corrected chi connectivity index (χ4v) is 5.81. The smallest absolute Gasteiger partial charge is 0.241 e. The minimum atomic E-state index is -1.28. The predicted molar refractivity (Wildman–Crippen MR) is 116 cm³/mol. The largest absolute Gasteiger partial charge is 0.342 e. The van der Waals surface area contributed by atoms with Crippen LogP contribution < -0.4 is 0 Å². The number of carbonyl (C=O) groups is 4. The number of halogens is 1. The van der Waals surface area contributed by atoms with Crippen LogP contribution in [0, 0.1) is 5.92 Å². The molecule has 0 N–H and O–H groups in total. The Balaban J connectivity index is 1.67. The third kappa shape index (κ3) is 4.02. The Morgan fingerprint density at radius 3 is 2.48 bits per heavy atom. The Bertz CT molecular complexity index is 911. The first-order chi connectivity index (χ1) is 14.8. The van der Waals surface area contributed by atoms with E-state index in [-0.39, 0.29) is 48.3 Å². The molecule has 1 aliphatic carbocycles. The molecular weight excluding hydrogens is 416 g/mol. The molecule has 2 aliphatic heterocycles. The maximum Gasteiger partial charge on any atom is 0.241 e. The molecule has 2 atom stereocenters. The Kier molecular flexibility index (Phi) is 6.20. The third-order valence-electron chi connectivity index (χ3n) is 7.23. The van der Waals surface area contributed by atoms with E-state index in [1.54, 1.807) is 36.1 Å². The first-order valence-corrected chi connectivity index (χ1v) is 11.6. The molecule has 0 radical (unpaired) electrons. The Morgan fingerprint density at radius 1 is 1.10 bits per heavy atom. The Morgan fingerprint density at radius 2 is 1.81 bits per heavy atom. The molecule has 4 rings (SSSR count). The summed E-state index contributed by atoms with van der Waals surface area (Å²) in [5.41, 5.74) is -0.734. The summed E-state index contributed by atoms with van der Waals surface area (Å²) >= 11 is 6.50. The molecule has 3 amide bonds. The van der Waals surface area contributed by atoms with E-state index >= 15 is 0 Å². The zero-order chi connectivity index (χ0) is 22.2. The number of imide groups is 1. The minimum absolute atomic E-state index is 0.0399. The van der Waals surface area contributed by atoms with Crippen LogP contribution in [0.4, 0.5) is 0 Å². The molecule has 0 aromatic heterocycles. The molecule has 0 spiro atoms. The number of amides is 3. The second-order valence-corrected chi connectivity index (χ2v) is 9.62. The summed E-state index contributed by atoms with van der Waals surface area (Å²) in [7, 11) is 0. The average molecular weight is 445 g/mol. The van der Waals surface area contributed by atoms with Gasteiger partial charge in [0.15, 0.2) is 0 Å². The summed E-state index contributed by atoms with van der Waals surface area (Å²) in [6.45, 7) is 2.50. The summed E-state index contributed by atoms with van der Waals surface area (Å²) in [6.07, 6.45) is 5.03. The molecule has 1 saturated carbocycles. The van der Waals surface area contributed by atoms with E-state index in [9.17, 15) is 19.2 Å². The fraction of sp³-hybridized carbons (Fsp3) is 0.583. The zero-order valence-corrected chi connectivity index (χ0v) is 18.7. The minimum Gasteiger partial charge on any atom is -0.342 e. The lowest BCUT2D eigenvalue weighted by Gasteiger charge is -2.35. The van der Waals surface area contributed by atoms with Crippen molar-refractivity contribution in [1.29, 1.82) is 0 Å². The van der Waals surface area contributed by atoms with E-state index < -0.39 is 5.41 Å². The quantitative estimate of drug-likeness (QED) is 0.651. The number of hydrogen-bond acceptors (Lipinski definition) is 4. The molecule has 2 heterocycles. The van der Waals surface area contributed by atoms with Crippen LogP contribution in [-0.2, 0) is 24.6 Å². The molecule has 1 aromatic rings. The SMILES string of the molecule is CC(=O)[C@H]1CCCN(C(=O)C[C@]2(c3ccccc3Cl)CC(=O)N(C3CCCC3)C2=O)C1. The summed E-state index contributed by atoms with van der Waals surface area (Å²) < 4.78 is 0. The number of nitrogens with zero attached hydrogens (tertiary/aromatic N) is 2. The molecule has 166 valence electrons. The number of benzene rings is 1. The number of piperidine rings is 1. The van der Waals surface area contributed by atoms with Crippen molar-refractivity contribution in [3.8, 4) is 0 Å². The lowest BCUT2D eigenvalue weighted by Crippen LogP contribution is -2.48. The molecule has 2 saturated heterocycles. The summed E-state index contributed by atoms with van der Waals surface area (Å²) in [5, 5.41) is 0.393. The van der Waals surface area contributed by atoms with Crippen molar-refractivity contribution in [3.05, 3.63) is 34.9 Å². The summed E-state index contributed by atoms with van der Waals surface area (Å²) in [4.78, 5) is 55.2. The van der Waals surface area contributed by atoms with Gasteiger partial charge in [0.1, 0.15) is 5.78 Å². The number of likely N-dealkylation sites (tertiary alicyclic amines) is 2. The summed E-state index contributed by atoms with van der Waals surface area (Å²) in [6, 6.07) is 6.94. The van der Waals surface area contributed by atoms with Crippen LogP contribution >= 0.6 is 11.6 Å². The van der Waals surface area contributed by atoms with Gasteiger partial charge in [0.2, 0.25) is 17.7 Å². The van der Waals surface area contributed by atoms with Crippen LogP contribution in [-0.4, -0.2) is 52.4 Å². The monoisotopic (exact) mass is 444 g/mol. The third-order valence-corrected chi connectivity index (χ3v) is 7.56. The van der Waals surface area contributed by atoms with Crippen LogP contribution in [0.15, 0.2) is 24.3 Å². The van der Waals surface area contributed by atoms with Gasteiger partial charge >= 0.3 is 0 Å². The van der Waals surface area contributed by atoms with E-state index in [1.165, 1.54) is 4.90 Å². The van der Waals surface area contributed by atoms with Crippen LogP contribution in [0.2, 0.25) is 5.02 Å².